The number of benzene rings is 2. The van der Waals surface area contributed by atoms with Crippen molar-refractivity contribution in [2.24, 2.45) is 0 Å². The van der Waals surface area contributed by atoms with Gasteiger partial charge in [0.1, 0.15) is 10.8 Å². The van der Waals surface area contributed by atoms with Crippen molar-refractivity contribution in [3.05, 3.63) is 93.8 Å². The number of nitrogens with zero attached hydrogens (tertiary/aromatic N) is 4. The van der Waals surface area contributed by atoms with Gasteiger partial charge < -0.3 is 11.1 Å². The van der Waals surface area contributed by atoms with Crippen molar-refractivity contribution in [1.82, 2.24) is 25.1 Å². The molecule has 0 atom stereocenters. The van der Waals surface area contributed by atoms with E-state index in [2.05, 4.69) is 20.4 Å². The van der Waals surface area contributed by atoms with E-state index in [4.69, 9.17) is 17.3 Å². The molecule has 2 aromatic carbocycles. The van der Waals surface area contributed by atoms with Crippen LogP contribution in [0.15, 0.2) is 60.8 Å². The molecule has 1 fully saturated rings. The lowest BCUT2D eigenvalue weighted by Gasteiger charge is -2.12. The molecule has 0 aliphatic heterocycles. The Hall–Kier alpha value is -3.85. The van der Waals surface area contributed by atoms with Crippen LogP contribution in [0.25, 0.3) is 11.4 Å². The summed E-state index contributed by atoms with van der Waals surface area (Å²) in [4.78, 5) is 20.9. The first-order valence-corrected chi connectivity index (χ1v) is 11.9. The SMILES string of the molecule is Nc1nc(Cl)cc(-c2nn(C(F)F)cc2Cc2cc(C(=O)NCc3ccccc3)ccc2C2CC2)n1. The minimum atomic E-state index is -2.83. The summed E-state index contributed by atoms with van der Waals surface area (Å²) in [6.07, 6.45) is 3.68. The van der Waals surface area contributed by atoms with Gasteiger partial charge in [0.2, 0.25) is 5.95 Å². The van der Waals surface area contributed by atoms with Gasteiger partial charge in [0, 0.05) is 36.4 Å². The van der Waals surface area contributed by atoms with Gasteiger partial charge in [0.05, 0.1) is 5.69 Å². The number of carbonyl (C=O) groups excluding carboxylic acids is 1. The number of alkyl halides is 2. The minimum Gasteiger partial charge on any atom is -0.368 e. The van der Waals surface area contributed by atoms with Crippen molar-refractivity contribution in [2.75, 3.05) is 5.73 Å². The molecule has 0 spiro atoms. The number of hydrogen-bond donors (Lipinski definition) is 2. The first kappa shape index (κ1) is 23.9. The second-order valence-corrected chi connectivity index (χ2v) is 9.11. The molecule has 0 unspecified atom stereocenters. The summed E-state index contributed by atoms with van der Waals surface area (Å²) < 4.78 is 27.7. The topological polar surface area (TPSA) is 98.7 Å². The summed E-state index contributed by atoms with van der Waals surface area (Å²) >= 11 is 6.03. The number of anilines is 1. The van der Waals surface area contributed by atoms with Gasteiger partial charge in [-0.25, -0.2) is 14.6 Å². The number of amides is 1. The van der Waals surface area contributed by atoms with Gasteiger partial charge in [-0.05, 0) is 47.6 Å². The molecule has 1 aliphatic carbocycles. The third kappa shape index (κ3) is 5.36. The molecule has 0 radical (unpaired) electrons. The number of nitrogen functional groups attached to an aromatic ring is 1. The van der Waals surface area contributed by atoms with Crippen LogP contribution in [-0.2, 0) is 13.0 Å². The van der Waals surface area contributed by atoms with Crippen molar-refractivity contribution in [3.63, 3.8) is 0 Å². The molecule has 3 N–H and O–H groups in total. The van der Waals surface area contributed by atoms with Gasteiger partial charge in [-0.3, -0.25) is 4.79 Å². The van der Waals surface area contributed by atoms with Gasteiger partial charge in [-0.15, -0.1) is 0 Å². The van der Waals surface area contributed by atoms with Crippen LogP contribution in [0.4, 0.5) is 14.7 Å². The maximum atomic E-state index is 13.5. The highest BCUT2D eigenvalue weighted by atomic mass is 35.5. The monoisotopic (exact) mass is 508 g/mol. The Labute approximate surface area is 211 Å². The summed E-state index contributed by atoms with van der Waals surface area (Å²) in [5.41, 5.74) is 10.2. The molecule has 4 aromatic rings. The maximum absolute atomic E-state index is 13.5. The molecule has 0 bridgehead atoms. The minimum absolute atomic E-state index is 0.0780. The van der Waals surface area contributed by atoms with Crippen LogP contribution in [0.1, 0.15) is 57.9 Å². The third-order valence-electron chi connectivity index (χ3n) is 6.06. The number of nitrogens with one attached hydrogen (secondary N) is 1. The Balaban J connectivity index is 1.47. The predicted octanol–water partition coefficient (Wildman–Crippen LogP) is 5.37. The molecule has 1 aliphatic rings. The van der Waals surface area contributed by atoms with Crippen LogP contribution < -0.4 is 11.1 Å². The summed E-state index contributed by atoms with van der Waals surface area (Å²) in [7, 11) is 0. The summed E-state index contributed by atoms with van der Waals surface area (Å²) in [6.45, 7) is -2.43. The van der Waals surface area contributed by atoms with Crippen molar-refractivity contribution < 1.29 is 13.6 Å². The molecule has 10 heteroatoms. The van der Waals surface area contributed by atoms with Gasteiger partial charge >= 0.3 is 6.55 Å². The zero-order valence-corrected chi connectivity index (χ0v) is 19.9. The van der Waals surface area contributed by atoms with E-state index in [9.17, 15) is 13.6 Å². The molecule has 1 saturated carbocycles. The van der Waals surface area contributed by atoms with Crippen LogP contribution in [0.2, 0.25) is 5.15 Å². The summed E-state index contributed by atoms with van der Waals surface area (Å²) in [5, 5.41) is 7.08. The molecule has 36 heavy (non-hydrogen) atoms. The van der Waals surface area contributed by atoms with Gasteiger partial charge in [-0.2, -0.15) is 13.9 Å². The highest BCUT2D eigenvalue weighted by molar-refractivity contribution is 6.29. The summed E-state index contributed by atoms with van der Waals surface area (Å²) in [5.74, 6) is 0.103. The van der Waals surface area contributed by atoms with E-state index in [1.54, 1.807) is 0 Å². The van der Waals surface area contributed by atoms with E-state index >= 15 is 0 Å². The zero-order valence-electron chi connectivity index (χ0n) is 19.2. The first-order chi connectivity index (χ1) is 17.4. The Morgan fingerprint density at radius 3 is 2.58 bits per heavy atom. The van der Waals surface area contributed by atoms with Crippen molar-refractivity contribution >= 4 is 23.5 Å². The molecule has 1 amide bonds. The molecule has 2 heterocycles. The zero-order chi connectivity index (χ0) is 25.2. The van der Waals surface area contributed by atoms with Crippen LogP contribution in [-0.4, -0.2) is 25.7 Å². The normalized spacial score (nSPS) is 13.2. The van der Waals surface area contributed by atoms with E-state index in [0.717, 1.165) is 29.5 Å². The van der Waals surface area contributed by atoms with Gasteiger partial charge in [-0.1, -0.05) is 48.0 Å². The fourth-order valence-corrected chi connectivity index (χ4v) is 4.40. The number of nitrogens with two attached hydrogens (primary N) is 1. The van der Waals surface area contributed by atoms with E-state index in [-0.39, 0.29) is 34.8 Å². The standard InChI is InChI=1S/C26H23ClF2N6O/c27-22-12-21(32-26(30)33-22)23-19(14-35(34-23)25(28)29)11-18-10-17(8-9-20(18)16-6-7-16)24(36)31-13-15-4-2-1-3-5-15/h1-5,8-10,12,14,16,25H,6-7,11,13H2,(H,31,36)(H2,30,32,33). The third-order valence-corrected chi connectivity index (χ3v) is 6.26. The van der Waals surface area contributed by atoms with E-state index < -0.39 is 6.55 Å². The lowest BCUT2D eigenvalue weighted by molar-refractivity contribution is 0.0567. The largest absolute Gasteiger partial charge is 0.368 e. The van der Waals surface area contributed by atoms with Crippen LogP contribution >= 0.6 is 11.6 Å². The number of carbonyl (C=O) groups is 1. The lowest BCUT2D eigenvalue weighted by Crippen LogP contribution is -2.23. The molecular formula is C26H23ClF2N6O. The van der Waals surface area contributed by atoms with E-state index in [1.165, 1.54) is 12.3 Å². The Morgan fingerprint density at radius 2 is 1.89 bits per heavy atom. The fourth-order valence-electron chi connectivity index (χ4n) is 4.21. The average molecular weight is 509 g/mol. The average Bonchev–Trinajstić information content (AvgIpc) is 3.61. The molecule has 2 aromatic heterocycles. The second-order valence-electron chi connectivity index (χ2n) is 8.73. The number of aromatic nitrogens is 4. The Kier molecular flexibility index (Phi) is 6.65. The molecule has 0 saturated heterocycles. The van der Waals surface area contributed by atoms with Gasteiger partial charge in [0.25, 0.3) is 5.91 Å². The first-order valence-electron chi connectivity index (χ1n) is 11.5. The van der Waals surface area contributed by atoms with Crippen molar-refractivity contribution in [1.29, 1.82) is 0 Å². The smallest absolute Gasteiger partial charge is 0.333 e. The quantitative estimate of drug-likeness (QED) is 0.312. The Bertz CT molecular complexity index is 1380. The predicted molar refractivity (Wildman–Crippen MR) is 133 cm³/mol. The van der Waals surface area contributed by atoms with Crippen LogP contribution in [0, 0.1) is 0 Å². The summed E-state index contributed by atoms with van der Waals surface area (Å²) in [6, 6.07) is 16.7. The second kappa shape index (κ2) is 10.0. The van der Waals surface area contributed by atoms with Crippen LogP contribution in [0.3, 0.4) is 0 Å². The van der Waals surface area contributed by atoms with Crippen LogP contribution in [0.5, 0.6) is 0 Å². The number of hydrogen-bond acceptors (Lipinski definition) is 5. The molecular weight excluding hydrogens is 486 g/mol. The van der Waals surface area contributed by atoms with E-state index in [1.807, 2.05) is 48.5 Å². The Morgan fingerprint density at radius 1 is 1.11 bits per heavy atom. The highest BCUT2D eigenvalue weighted by Gasteiger charge is 2.28. The van der Waals surface area contributed by atoms with Gasteiger partial charge in [0.15, 0.2) is 0 Å². The fraction of sp³-hybridized carbons (Fsp3) is 0.231. The molecule has 7 nitrogen and oxygen atoms in total. The van der Waals surface area contributed by atoms with Crippen molar-refractivity contribution in [2.45, 2.75) is 38.3 Å². The lowest BCUT2D eigenvalue weighted by atomic mass is 9.94. The highest BCUT2D eigenvalue weighted by Crippen LogP contribution is 2.42. The maximum Gasteiger partial charge on any atom is 0.333 e. The molecule has 5 rings (SSSR count). The van der Waals surface area contributed by atoms with Crippen molar-refractivity contribution in [3.8, 4) is 11.4 Å². The number of rotatable bonds is 8. The van der Waals surface area contributed by atoms with E-state index in [0.29, 0.717) is 28.3 Å². The number of halogens is 3. The molecule has 184 valence electrons.